The normalized spacial score (nSPS) is 11.0. The molecule has 1 N–H and O–H groups in total. The number of phenolic OH excluding ortho intramolecular Hbond substituents is 1. The van der Waals surface area contributed by atoms with E-state index in [0.717, 1.165) is 17.5 Å². The Bertz CT molecular complexity index is 553. The van der Waals surface area contributed by atoms with Crippen LogP contribution in [0.25, 0.3) is 6.08 Å². The predicted molar refractivity (Wildman–Crippen MR) is 76.8 cm³/mol. The number of phenols is 1. The van der Waals surface area contributed by atoms with Gasteiger partial charge in [-0.2, -0.15) is 0 Å². The van der Waals surface area contributed by atoms with Gasteiger partial charge in [-0.3, -0.25) is 0 Å². The molecule has 0 aliphatic rings. The molecule has 0 radical (unpaired) electrons. The molecular formula is C17H18O. The van der Waals surface area contributed by atoms with Gasteiger partial charge in [-0.25, -0.2) is 0 Å². The van der Waals surface area contributed by atoms with Crippen LogP contribution in [0, 0.1) is 13.8 Å². The van der Waals surface area contributed by atoms with Crippen molar-refractivity contribution in [2.75, 3.05) is 0 Å². The average Bonchev–Trinajstić information content (AvgIpc) is 2.36. The monoisotopic (exact) mass is 238 g/mol. The molecule has 2 aromatic rings. The van der Waals surface area contributed by atoms with Crippen molar-refractivity contribution < 1.29 is 5.11 Å². The lowest BCUT2D eigenvalue weighted by Crippen LogP contribution is -1.88. The standard InChI is InChI=1S/C17H18O/c1-13-11-14(2)17(18)16(12-13)10-6-9-15-7-4-3-5-8-15/h3-9,11-12,18H,10H2,1-2H3/b9-6-. The molecule has 0 heterocycles. The maximum atomic E-state index is 9.99. The molecule has 0 fully saturated rings. The summed E-state index contributed by atoms with van der Waals surface area (Å²) in [5.41, 5.74) is 4.30. The molecule has 0 saturated heterocycles. The van der Waals surface area contributed by atoms with Gasteiger partial charge in [0.05, 0.1) is 0 Å². The Morgan fingerprint density at radius 1 is 1.06 bits per heavy atom. The van der Waals surface area contributed by atoms with E-state index in [4.69, 9.17) is 0 Å². The number of rotatable bonds is 3. The number of aryl methyl sites for hydroxylation is 2. The van der Waals surface area contributed by atoms with E-state index in [2.05, 4.69) is 31.2 Å². The van der Waals surface area contributed by atoms with Crippen molar-refractivity contribution in [1.29, 1.82) is 0 Å². The van der Waals surface area contributed by atoms with Gasteiger partial charge in [0.15, 0.2) is 0 Å². The molecule has 0 spiro atoms. The quantitative estimate of drug-likeness (QED) is 0.846. The van der Waals surface area contributed by atoms with E-state index in [0.29, 0.717) is 5.75 Å². The third-order valence-corrected chi connectivity index (χ3v) is 2.97. The first-order chi connectivity index (χ1) is 8.66. The molecule has 0 saturated carbocycles. The van der Waals surface area contributed by atoms with Crippen molar-refractivity contribution in [1.82, 2.24) is 0 Å². The second-order valence-electron chi connectivity index (χ2n) is 4.61. The number of hydrogen-bond acceptors (Lipinski definition) is 1. The lowest BCUT2D eigenvalue weighted by molar-refractivity contribution is 0.465. The van der Waals surface area contributed by atoms with Gasteiger partial charge in [0.1, 0.15) is 5.75 Å². The second kappa shape index (κ2) is 5.54. The Morgan fingerprint density at radius 2 is 1.78 bits per heavy atom. The van der Waals surface area contributed by atoms with Crippen LogP contribution in [0.1, 0.15) is 22.3 Å². The highest BCUT2D eigenvalue weighted by molar-refractivity contribution is 5.51. The van der Waals surface area contributed by atoms with Crippen molar-refractivity contribution in [3.05, 3.63) is 70.8 Å². The molecule has 0 aliphatic carbocycles. The van der Waals surface area contributed by atoms with Gasteiger partial charge in [-0.05, 0) is 37.0 Å². The number of hydrogen-bond donors (Lipinski definition) is 1. The lowest BCUT2D eigenvalue weighted by Gasteiger charge is -2.06. The maximum Gasteiger partial charge on any atom is 0.122 e. The summed E-state index contributed by atoms with van der Waals surface area (Å²) >= 11 is 0. The maximum absolute atomic E-state index is 9.99. The van der Waals surface area contributed by atoms with Gasteiger partial charge in [0.25, 0.3) is 0 Å². The zero-order valence-corrected chi connectivity index (χ0v) is 10.9. The Labute approximate surface area is 108 Å². The third kappa shape index (κ3) is 3.01. The first-order valence-corrected chi connectivity index (χ1v) is 6.17. The smallest absolute Gasteiger partial charge is 0.122 e. The fourth-order valence-electron chi connectivity index (χ4n) is 2.09. The van der Waals surface area contributed by atoms with Crippen LogP contribution in [0.4, 0.5) is 0 Å². The molecule has 1 heteroatoms. The summed E-state index contributed by atoms with van der Waals surface area (Å²) in [7, 11) is 0. The van der Waals surface area contributed by atoms with Gasteiger partial charge < -0.3 is 5.11 Å². The molecule has 0 bridgehead atoms. The van der Waals surface area contributed by atoms with Crippen LogP contribution in [0.15, 0.2) is 48.5 Å². The van der Waals surface area contributed by atoms with Crippen LogP contribution in [-0.2, 0) is 6.42 Å². The van der Waals surface area contributed by atoms with E-state index in [1.165, 1.54) is 11.1 Å². The largest absolute Gasteiger partial charge is 0.507 e. The van der Waals surface area contributed by atoms with Crippen LogP contribution in [0.2, 0.25) is 0 Å². The zero-order chi connectivity index (χ0) is 13.0. The average molecular weight is 238 g/mol. The van der Waals surface area contributed by atoms with Crippen molar-refractivity contribution >= 4 is 6.08 Å². The van der Waals surface area contributed by atoms with Crippen LogP contribution in [0.5, 0.6) is 5.75 Å². The van der Waals surface area contributed by atoms with E-state index in [-0.39, 0.29) is 0 Å². The zero-order valence-electron chi connectivity index (χ0n) is 10.9. The third-order valence-electron chi connectivity index (χ3n) is 2.97. The molecule has 0 aromatic heterocycles. The van der Waals surface area contributed by atoms with E-state index in [9.17, 15) is 5.11 Å². The van der Waals surface area contributed by atoms with Crippen molar-refractivity contribution in [3.63, 3.8) is 0 Å². The first-order valence-electron chi connectivity index (χ1n) is 6.17. The van der Waals surface area contributed by atoms with Gasteiger partial charge in [0, 0.05) is 0 Å². The minimum absolute atomic E-state index is 0.415. The number of aromatic hydroxyl groups is 1. The first kappa shape index (κ1) is 12.4. The highest BCUT2D eigenvalue weighted by Gasteiger charge is 2.03. The van der Waals surface area contributed by atoms with Crippen LogP contribution >= 0.6 is 0 Å². The lowest BCUT2D eigenvalue weighted by atomic mass is 10.0. The molecule has 0 atom stereocenters. The molecule has 0 unspecified atom stereocenters. The Balaban J connectivity index is 2.14. The molecule has 92 valence electrons. The van der Waals surface area contributed by atoms with Gasteiger partial charge in [0.2, 0.25) is 0 Å². The molecule has 0 amide bonds. The summed E-state index contributed by atoms with van der Waals surface area (Å²) in [5, 5.41) is 9.99. The highest BCUT2D eigenvalue weighted by Crippen LogP contribution is 2.24. The van der Waals surface area contributed by atoms with Crippen molar-refractivity contribution in [2.24, 2.45) is 0 Å². The van der Waals surface area contributed by atoms with E-state index in [1.807, 2.05) is 37.3 Å². The number of benzene rings is 2. The SMILES string of the molecule is Cc1cc(C)c(O)c(C/C=C\c2ccccc2)c1. The van der Waals surface area contributed by atoms with Crippen molar-refractivity contribution in [3.8, 4) is 5.75 Å². The van der Waals surface area contributed by atoms with Gasteiger partial charge in [-0.15, -0.1) is 0 Å². The van der Waals surface area contributed by atoms with Crippen LogP contribution < -0.4 is 0 Å². The van der Waals surface area contributed by atoms with E-state index in [1.54, 1.807) is 0 Å². The Morgan fingerprint density at radius 3 is 2.50 bits per heavy atom. The van der Waals surface area contributed by atoms with E-state index >= 15 is 0 Å². The minimum Gasteiger partial charge on any atom is -0.507 e. The predicted octanol–water partition coefficient (Wildman–Crippen LogP) is 4.26. The minimum atomic E-state index is 0.415. The summed E-state index contributed by atoms with van der Waals surface area (Å²) in [4.78, 5) is 0. The summed E-state index contributed by atoms with van der Waals surface area (Å²) in [6.45, 7) is 3.99. The summed E-state index contributed by atoms with van der Waals surface area (Å²) in [6.07, 6.45) is 4.92. The molecule has 0 aliphatic heterocycles. The summed E-state index contributed by atoms with van der Waals surface area (Å²) < 4.78 is 0. The van der Waals surface area contributed by atoms with Crippen LogP contribution in [-0.4, -0.2) is 5.11 Å². The fourth-order valence-corrected chi connectivity index (χ4v) is 2.09. The molecule has 1 nitrogen and oxygen atoms in total. The topological polar surface area (TPSA) is 20.2 Å². The fraction of sp³-hybridized carbons (Fsp3) is 0.176. The molecule has 18 heavy (non-hydrogen) atoms. The van der Waals surface area contributed by atoms with Gasteiger partial charge >= 0.3 is 0 Å². The summed E-state index contributed by atoms with van der Waals surface area (Å²) in [5.74, 6) is 0.415. The molecule has 2 aromatic carbocycles. The summed E-state index contributed by atoms with van der Waals surface area (Å²) in [6, 6.07) is 14.2. The number of allylic oxidation sites excluding steroid dienone is 1. The van der Waals surface area contributed by atoms with Crippen molar-refractivity contribution in [2.45, 2.75) is 20.3 Å². The van der Waals surface area contributed by atoms with Gasteiger partial charge in [-0.1, -0.05) is 60.2 Å². The Kier molecular flexibility index (Phi) is 3.83. The molecule has 2 rings (SSSR count). The Hall–Kier alpha value is -2.02. The second-order valence-corrected chi connectivity index (χ2v) is 4.61. The van der Waals surface area contributed by atoms with E-state index < -0.39 is 0 Å². The molecular weight excluding hydrogens is 220 g/mol. The highest BCUT2D eigenvalue weighted by atomic mass is 16.3. The van der Waals surface area contributed by atoms with Crippen LogP contribution in [0.3, 0.4) is 0 Å².